The van der Waals surface area contributed by atoms with Crippen LogP contribution < -0.4 is 10.1 Å². The largest absolute Gasteiger partial charge is 0.481 e. The number of carbonyl (C=O) groups excluding carboxylic acids is 1. The molecular weight excluding hydrogens is 437 g/mol. The maximum absolute atomic E-state index is 12.8. The summed E-state index contributed by atoms with van der Waals surface area (Å²) in [6.07, 6.45) is 4.75. The second-order valence-electron chi connectivity index (χ2n) is 7.29. The van der Waals surface area contributed by atoms with Crippen LogP contribution in [0.25, 0.3) is 0 Å². The summed E-state index contributed by atoms with van der Waals surface area (Å²) in [6.45, 7) is 1.32. The summed E-state index contributed by atoms with van der Waals surface area (Å²) in [7, 11) is 1.51. The van der Waals surface area contributed by atoms with Crippen LogP contribution in [0.5, 0.6) is 5.75 Å². The van der Waals surface area contributed by atoms with Gasteiger partial charge in [-0.1, -0.05) is 41.4 Å². The zero-order chi connectivity index (χ0) is 22.1. The van der Waals surface area contributed by atoms with E-state index in [1.165, 1.54) is 7.11 Å². The monoisotopic (exact) mass is 461 g/mol. The van der Waals surface area contributed by atoms with E-state index in [1.54, 1.807) is 18.2 Å². The molecule has 3 rings (SSSR count). The van der Waals surface area contributed by atoms with Crippen LogP contribution in [0.1, 0.15) is 30.1 Å². The molecule has 1 fully saturated rings. The van der Waals surface area contributed by atoms with Gasteiger partial charge < -0.3 is 19.5 Å². The smallest absolute Gasteiger partial charge is 0.253 e. The first-order valence-electron chi connectivity index (χ1n) is 10.1. The number of ether oxygens (including phenoxy) is 3. The highest BCUT2D eigenvalue weighted by atomic mass is 35.5. The zero-order valence-corrected chi connectivity index (χ0v) is 18.8. The molecule has 0 aromatic heterocycles. The number of nitrogens with one attached hydrogen (secondary N) is 1. The van der Waals surface area contributed by atoms with Crippen molar-refractivity contribution in [2.24, 2.45) is 5.92 Å². The summed E-state index contributed by atoms with van der Waals surface area (Å²) in [5.74, 6) is 3.81. The molecule has 2 aromatic carbocycles. The number of hydrogen-bond donors (Lipinski definition) is 1. The van der Waals surface area contributed by atoms with Crippen LogP contribution in [0.2, 0.25) is 10.0 Å². The molecule has 7 heteroatoms. The van der Waals surface area contributed by atoms with E-state index in [0.29, 0.717) is 41.1 Å². The average Bonchev–Trinajstić information content (AvgIpc) is 3.59. The van der Waals surface area contributed by atoms with Crippen molar-refractivity contribution in [1.29, 1.82) is 0 Å². The van der Waals surface area contributed by atoms with Crippen molar-refractivity contribution in [2.75, 3.05) is 26.9 Å². The van der Waals surface area contributed by atoms with E-state index in [0.717, 1.165) is 24.2 Å². The van der Waals surface area contributed by atoms with Gasteiger partial charge in [0.1, 0.15) is 11.9 Å². The lowest BCUT2D eigenvalue weighted by molar-refractivity contribution is -0.133. The third-order valence-electron chi connectivity index (χ3n) is 4.80. The number of benzene rings is 2. The van der Waals surface area contributed by atoms with Gasteiger partial charge in [-0.15, -0.1) is 0 Å². The number of methoxy groups -OCH3 is 1. The number of hydrogen-bond acceptors (Lipinski definition) is 4. The average molecular weight is 462 g/mol. The van der Waals surface area contributed by atoms with E-state index in [1.807, 2.05) is 24.3 Å². The zero-order valence-electron chi connectivity index (χ0n) is 17.3. The lowest BCUT2D eigenvalue weighted by atomic mass is 10.1. The van der Waals surface area contributed by atoms with Crippen LogP contribution in [-0.4, -0.2) is 32.8 Å². The van der Waals surface area contributed by atoms with E-state index in [4.69, 9.17) is 32.7 Å². The fourth-order valence-electron chi connectivity index (χ4n) is 2.91. The second kappa shape index (κ2) is 11.9. The van der Waals surface area contributed by atoms with E-state index in [2.05, 4.69) is 22.1 Å². The molecule has 164 valence electrons. The first-order chi connectivity index (χ1) is 15.1. The Bertz CT molecular complexity index is 933. The molecule has 1 amide bonds. The summed E-state index contributed by atoms with van der Waals surface area (Å²) in [4.78, 5) is 12.8. The van der Waals surface area contributed by atoms with Gasteiger partial charge in [0, 0.05) is 6.54 Å². The minimum atomic E-state index is -0.709. The molecular formula is C24H25Cl2NO4. The highest BCUT2D eigenvalue weighted by Gasteiger charge is 2.27. The van der Waals surface area contributed by atoms with Crippen molar-refractivity contribution in [3.63, 3.8) is 0 Å². The topological polar surface area (TPSA) is 56.8 Å². The van der Waals surface area contributed by atoms with Gasteiger partial charge in [-0.05, 0) is 66.5 Å². The Kier molecular flexibility index (Phi) is 8.90. The minimum absolute atomic E-state index is 0.185. The Labute approximate surface area is 193 Å². The third kappa shape index (κ3) is 7.66. The number of halogens is 2. The molecule has 0 aliphatic heterocycles. The molecule has 0 bridgehead atoms. The molecule has 1 aliphatic rings. The lowest BCUT2D eigenvalue weighted by Crippen LogP contribution is -2.32. The molecule has 0 radical (unpaired) electrons. The van der Waals surface area contributed by atoms with Gasteiger partial charge in [-0.25, -0.2) is 0 Å². The highest BCUT2D eigenvalue weighted by Crippen LogP contribution is 2.32. The summed E-state index contributed by atoms with van der Waals surface area (Å²) in [5, 5.41) is 3.82. The van der Waals surface area contributed by atoms with Crippen LogP contribution in [0.4, 0.5) is 0 Å². The van der Waals surface area contributed by atoms with Crippen LogP contribution in [0, 0.1) is 17.9 Å². The molecule has 0 heterocycles. The van der Waals surface area contributed by atoms with Gasteiger partial charge in [-0.2, -0.15) is 0 Å². The van der Waals surface area contributed by atoms with Crippen LogP contribution >= 0.6 is 23.2 Å². The fourth-order valence-corrected chi connectivity index (χ4v) is 3.22. The Hall–Kier alpha value is -2.39. The second-order valence-corrected chi connectivity index (χ2v) is 8.10. The Balaban J connectivity index is 1.52. The molecule has 0 saturated heterocycles. The highest BCUT2D eigenvalue weighted by molar-refractivity contribution is 6.42. The minimum Gasteiger partial charge on any atom is -0.481 e. The van der Waals surface area contributed by atoms with Gasteiger partial charge in [0.2, 0.25) is 0 Å². The maximum atomic E-state index is 12.8. The van der Waals surface area contributed by atoms with E-state index in [9.17, 15) is 4.79 Å². The van der Waals surface area contributed by atoms with Crippen molar-refractivity contribution >= 4 is 29.1 Å². The molecule has 31 heavy (non-hydrogen) atoms. The number of carbonyl (C=O) groups is 1. The molecule has 1 aliphatic carbocycles. The molecule has 1 saturated carbocycles. The standard InChI is InChI=1S/C24H25Cl2NO4/c1-29-13-2-14-30-20-8-5-17(6-9-20)11-12-27-24(28)23(31-16-18-3-4-18)19-7-10-21(25)22(26)15-19/h5-10,15,18,23H,3-4,11-12,14,16H2,1H3,(H,27,28). The van der Waals surface area contributed by atoms with Crippen molar-refractivity contribution in [1.82, 2.24) is 5.32 Å². The Morgan fingerprint density at radius 2 is 1.94 bits per heavy atom. The predicted octanol–water partition coefficient (Wildman–Crippen LogP) is 4.81. The third-order valence-corrected chi connectivity index (χ3v) is 5.54. The van der Waals surface area contributed by atoms with Crippen molar-refractivity contribution in [2.45, 2.75) is 25.4 Å². The number of amides is 1. The summed E-state index contributed by atoms with van der Waals surface area (Å²) in [6, 6.07) is 12.8. The van der Waals surface area contributed by atoms with Crippen LogP contribution in [0.15, 0.2) is 42.5 Å². The van der Waals surface area contributed by atoms with E-state index in [-0.39, 0.29) is 12.5 Å². The summed E-state index contributed by atoms with van der Waals surface area (Å²) in [5.41, 5.74) is 1.78. The molecule has 1 unspecified atom stereocenters. The maximum Gasteiger partial charge on any atom is 0.253 e. The van der Waals surface area contributed by atoms with Gasteiger partial charge in [0.25, 0.3) is 5.91 Å². The fraction of sp³-hybridized carbons (Fsp3) is 0.375. The first-order valence-corrected chi connectivity index (χ1v) is 10.9. The molecule has 5 nitrogen and oxygen atoms in total. The van der Waals surface area contributed by atoms with Crippen molar-refractivity contribution in [3.05, 3.63) is 63.6 Å². The normalized spacial score (nSPS) is 13.6. The summed E-state index contributed by atoms with van der Waals surface area (Å²) >= 11 is 12.2. The molecule has 1 atom stereocenters. The van der Waals surface area contributed by atoms with Crippen LogP contribution in [0.3, 0.4) is 0 Å². The summed E-state index contributed by atoms with van der Waals surface area (Å²) < 4.78 is 16.1. The van der Waals surface area contributed by atoms with Crippen LogP contribution in [-0.2, 0) is 20.7 Å². The molecule has 1 N–H and O–H groups in total. The van der Waals surface area contributed by atoms with Crippen molar-refractivity contribution < 1.29 is 19.0 Å². The SMILES string of the molecule is COC#CCOc1ccc(CCNC(=O)C(OCC2CC2)c2ccc(Cl)c(Cl)c2)cc1. The Morgan fingerprint density at radius 3 is 2.61 bits per heavy atom. The number of rotatable bonds is 10. The van der Waals surface area contributed by atoms with E-state index < -0.39 is 6.10 Å². The van der Waals surface area contributed by atoms with Gasteiger partial charge in [0.05, 0.1) is 23.8 Å². The van der Waals surface area contributed by atoms with Gasteiger partial charge in [0.15, 0.2) is 12.7 Å². The quantitative estimate of drug-likeness (QED) is 0.515. The molecule has 0 spiro atoms. The first kappa shape index (κ1) is 23.3. The van der Waals surface area contributed by atoms with Crippen molar-refractivity contribution in [3.8, 4) is 17.8 Å². The lowest BCUT2D eigenvalue weighted by Gasteiger charge is -2.18. The van der Waals surface area contributed by atoms with Gasteiger partial charge in [-0.3, -0.25) is 4.79 Å². The Morgan fingerprint density at radius 1 is 1.16 bits per heavy atom. The van der Waals surface area contributed by atoms with Gasteiger partial charge >= 0.3 is 0 Å². The predicted molar refractivity (Wildman–Crippen MR) is 121 cm³/mol. The van der Waals surface area contributed by atoms with E-state index >= 15 is 0 Å². The molecule has 2 aromatic rings.